The molecule has 2 atom stereocenters. The second-order valence-corrected chi connectivity index (χ2v) is 8.63. The zero-order chi connectivity index (χ0) is 17.0. The van der Waals surface area contributed by atoms with Gasteiger partial charge in [-0.2, -0.15) is 4.31 Å². The fourth-order valence-corrected chi connectivity index (χ4v) is 5.62. The van der Waals surface area contributed by atoms with Gasteiger partial charge in [0.2, 0.25) is 15.9 Å². The van der Waals surface area contributed by atoms with Crippen LogP contribution in [0.4, 0.5) is 0 Å². The smallest absolute Gasteiger partial charge is 0.243 e. The minimum atomic E-state index is -3.57. The Morgan fingerprint density at radius 2 is 1.71 bits per heavy atom. The van der Waals surface area contributed by atoms with E-state index in [1.165, 1.54) is 0 Å². The molecule has 6 heteroatoms. The Kier molecular flexibility index (Phi) is 5.56. The molecule has 0 radical (unpaired) electrons. The lowest BCUT2D eigenvalue weighted by molar-refractivity contribution is -0.125. The first-order valence-electron chi connectivity index (χ1n) is 8.95. The predicted molar refractivity (Wildman–Crippen MR) is 92.9 cm³/mol. The van der Waals surface area contributed by atoms with E-state index in [9.17, 15) is 13.2 Å². The van der Waals surface area contributed by atoms with E-state index in [2.05, 4.69) is 5.32 Å². The normalized spacial score (nSPS) is 27.1. The summed E-state index contributed by atoms with van der Waals surface area (Å²) in [5.41, 5.74) is 0. The Labute approximate surface area is 144 Å². The first kappa shape index (κ1) is 17.4. The fraction of sp³-hybridized carbons (Fsp3) is 0.611. The summed E-state index contributed by atoms with van der Waals surface area (Å²) in [6, 6.07) is 8.39. The molecule has 1 aliphatic heterocycles. The summed E-state index contributed by atoms with van der Waals surface area (Å²) in [5, 5.41) is 3.00. The lowest BCUT2D eigenvalue weighted by atomic mass is 10.0. The van der Waals surface area contributed by atoms with Crippen molar-refractivity contribution in [1.29, 1.82) is 0 Å². The Balaban J connectivity index is 1.93. The summed E-state index contributed by atoms with van der Waals surface area (Å²) in [4.78, 5) is 12.8. The first-order chi connectivity index (χ1) is 11.6. The van der Waals surface area contributed by atoms with Crippen molar-refractivity contribution in [1.82, 2.24) is 9.62 Å². The van der Waals surface area contributed by atoms with Crippen molar-refractivity contribution >= 4 is 15.9 Å². The van der Waals surface area contributed by atoms with Crippen LogP contribution in [0.2, 0.25) is 0 Å². The van der Waals surface area contributed by atoms with Gasteiger partial charge in [-0.25, -0.2) is 8.42 Å². The number of carbonyl (C=O) groups excluding carboxylic acids is 1. The van der Waals surface area contributed by atoms with Crippen LogP contribution >= 0.6 is 0 Å². The van der Waals surface area contributed by atoms with Gasteiger partial charge in [0, 0.05) is 19.1 Å². The van der Waals surface area contributed by atoms with Gasteiger partial charge in [-0.3, -0.25) is 4.79 Å². The number of carbonyl (C=O) groups is 1. The maximum Gasteiger partial charge on any atom is 0.243 e. The molecule has 2 aliphatic rings. The first-order valence-corrected chi connectivity index (χ1v) is 10.4. The minimum Gasteiger partial charge on any atom is -0.356 e. The van der Waals surface area contributed by atoms with E-state index >= 15 is 0 Å². The Morgan fingerprint density at radius 1 is 0.958 bits per heavy atom. The number of sulfonamides is 1. The van der Waals surface area contributed by atoms with Crippen molar-refractivity contribution in [2.24, 2.45) is 5.92 Å². The van der Waals surface area contributed by atoms with Crippen molar-refractivity contribution in [3.63, 3.8) is 0 Å². The highest BCUT2D eigenvalue weighted by Crippen LogP contribution is 2.34. The SMILES string of the molecule is O=C1NCCCCCCN(S(=O)(=O)c2ccccc2)[C@H]2CCC[C@@H]12. The zero-order valence-corrected chi connectivity index (χ0v) is 14.8. The number of hydrogen-bond acceptors (Lipinski definition) is 3. The third-order valence-electron chi connectivity index (χ3n) is 5.14. The van der Waals surface area contributed by atoms with Crippen LogP contribution < -0.4 is 5.32 Å². The van der Waals surface area contributed by atoms with E-state index in [1.54, 1.807) is 28.6 Å². The molecule has 132 valence electrons. The van der Waals surface area contributed by atoms with E-state index in [1.807, 2.05) is 6.07 Å². The largest absolute Gasteiger partial charge is 0.356 e. The molecule has 2 fully saturated rings. The van der Waals surface area contributed by atoms with Crippen molar-refractivity contribution in [3.8, 4) is 0 Å². The van der Waals surface area contributed by atoms with Crippen LogP contribution in [0.1, 0.15) is 44.9 Å². The molecule has 1 saturated heterocycles. The number of rotatable bonds is 2. The molecule has 24 heavy (non-hydrogen) atoms. The summed E-state index contributed by atoms with van der Waals surface area (Å²) in [5.74, 6) is -0.200. The molecule has 1 aromatic rings. The predicted octanol–water partition coefficient (Wildman–Crippen LogP) is 2.54. The summed E-state index contributed by atoms with van der Waals surface area (Å²) < 4.78 is 28.0. The van der Waals surface area contributed by atoms with Crippen molar-refractivity contribution in [3.05, 3.63) is 30.3 Å². The second-order valence-electron chi connectivity index (χ2n) is 6.74. The lowest BCUT2D eigenvalue weighted by Crippen LogP contribution is -2.47. The maximum atomic E-state index is 13.2. The molecule has 0 spiro atoms. The molecule has 1 saturated carbocycles. The van der Waals surface area contributed by atoms with E-state index in [-0.39, 0.29) is 17.9 Å². The average molecular weight is 350 g/mol. The van der Waals surface area contributed by atoms with E-state index in [4.69, 9.17) is 0 Å². The molecule has 5 nitrogen and oxygen atoms in total. The molecule has 1 aromatic carbocycles. The van der Waals surface area contributed by atoms with Gasteiger partial charge in [-0.1, -0.05) is 37.5 Å². The molecule has 0 bridgehead atoms. The quantitative estimate of drug-likeness (QED) is 0.891. The lowest BCUT2D eigenvalue weighted by Gasteiger charge is -2.31. The molecule has 0 unspecified atom stereocenters. The number of hydrogen-bond donors (Lipinski definition) is 1. The molecule has 1 amide bonds. The Morgan fingerprint density at radius 3 is 2.50 bits per heavy atom. The van der Waals surface area contributed by atoms with Crippen LogP contribution in [-0.4, -0.2) is 37.8 Å². The van der Waals surface area contributed by atoms with Crippen LogP contribution in [0.3, 0.4) is 0 Å². The van der Waals surface area contributed by atoms with Crippen LogP contribution in [0.15, 0.2) is 35.2 Å². The maximum absolute atomic E-state index is 13.2. The van der Waals surface area contributed by atoms with Gasteiger partial charge >= 0.3 is 0 Å². The molecule has 1 aliphatic carbocycles. The summed E-state index contributed by atoms with van der Waals surface area (Å²) >= 11 is 0. The van der Waals surface area contributed by atoms with Crippen molar-refractivity contribution in [2.75, 3.05) is 13.1 Å². The topological polar surface area (TPSA) is 66.5 Å². The minimum absolute atomic E-state index is 0.0210. The van der Waals surface area contributed by atoms with Crippen LogP contribution in [0, 0.1) is 5.92 Å². The van der Waals surface area contributed by atoms with Gasteiger partial charge in [0.05, 0.1) is 10.8 Å². The molecule has 3 rings (SSSR count). The highest BCUT2D eigenvalue weighted by atomic mass is 32.2. The highest BCUT2D eigenvalue weighted by Gasteiger charge is 2.41. The van der Waals surface area contributed by atoms with E-state index in [0.717, 1.165) is 44.9 Å². The van der Waals surface area contributed by atoms with Gasteiger partial charge < -0.3 is 5.32 Å². The zero-order valence-electron chi connectivity index (χ0n) is 14.0. The van der Waals surface area contributed by atoms with Crippen LogP contribution in [0.25, 0.3) is 0 Å². The second kappa shape index (κ2) is 7.66. The number of nitrogens with zero attached hydrogens (tertiary/aromatic N) is 1. The van der Waals surface area contributed by atoms with Gasteiger partial charge in [-0.15, -0.1) is 0 Å². The van der Waals surface area contributed by atoms with Gasteiger partial charge in [0.15, 0.2) is 0 Å². The van der Waals surface area contributed by atoms with Crippen LogP contribution in [0.5, 0.6) is 0 Å². The molecular weight excluding hydrogens is 324 g/mol. The molecular formula is C18H26N2O3S. The molecule has 1 N–H and O–H groups in total. The Hall–Kier alpha value is -1.40. The third-order valence-corrected chi connectivity index (χ3v) is 7.08. The van der Waals surface area contributed by atoms with Crippen molar-refractivity contribution in [2.45, 2.75) is 55.9 Å². The fourth-order valence-electron chi connectivity index (χ4n) is 3.87. The van der Waals surface area contributed by atoms with Gasteiger partial charge in [-0.05, 0) is 37.8 Å². The molecule has 1 heterocycles. The number of nitrogens with one attached hydrogen (secondary N) is 1. The summed E-state index contributed by atoms with van der Waals surface area (Å²) in [6.07, 6.45) is 6.28. The standard InChI is InChI=1S/C18H26N2O3S/c21-18-16-11-8-12-17(16)20(14-7-2-1-6-13-19-18)24(22,23)15-9-4-3-5-10-15/h3-5,9-10,16-17H,1-2,6-8,11-14H2,(H,19,21)/t16-,17+/m1/s1. The number of benzene rings is 1. The Bertz CT molecular complexity index is 660. The van der Waals surface area contributed by atoms with E-state index < -0.39 is 10.0 Å². The highest BCUT2D eigenvalue weighted by molar-refractivity contribution is 7.89. The summed E-state index contributed by atoms with van der Waals surface area (Å²) in [6.45, 7) is 1.21. The van der Waals surface area contributed by atoms with Gasteiger partial charge in [0.1, 0.15) is 0 Å². The third kappa shape index (κ3) is 3.64. The van der Waals surface area contributed by atoms with Gasteiger partial charge in [0.25, 0.3) is 0 Å². The average Bonchev–Trinajstić information content (AvgIpc) is 3.05. The van der Waals surface area contributed by atoms with E-state index in [0.29, 0.717) is 18.0 Å². The number of fused-ring (bicyclic) bond motifs is 1. The summed E-state index contributed by atoms with van der Waals surface area (Å²) in [7, 11) is -3.57. The molecule has 0 aromatic heterocycles. The monoisotopic (exact) mass is 350 g/mol. The van der Waals surface area contributed by atoms with Crippen molar-refractivity contribution < 1.29 is 13.2 Å². The van der Waals surface area contributed by atoms with Crippen LogP contribution in [-0.2, 0) is 14.8 Å². The number of amides is 1.